The molecular formula is C28H32O13. The van der Waals surface area contributed by atoms with Crippen LogP contribution in [0, 0.1) is 11.8 Å². The van der Waals surface area contributed by atoms with Crippen molar-refractivity contribution in [2.75, 3.05) is 41.3 Å². The lowest BCUT2D eigenvalue weighted by atomic mass is 9.67. The molecule has 0 amide bonds. The van der Waals surface area contributed by atoms with Crippen LogP contribution in [0.15, 0.2) is 18.2 Å². The van der Waals surface area contributed by atoms with Crippen molar-refractivity contribution in [1.82, 2.24) is 0 Å². The van der Waals surface area contributed by atoms with E-state index >= 15 is 0 Å². The number of hydrogen-bond donors (Lipinski definition) is 4. The van der Waals surface area contributed by atoms with Gasteiger partial charge in [0.25, 0.3) is 0 Å². The van der Waals surface area contributed by atoms with Gasteiger partial charge in [-0.25, -0.2) is 0 Å². The van der Waals surface area contributed by atoms with Gasteiger partial charge in [0.15, 0.2) is 23.0 Å². The van der Waals surface area contributed by atoms with Crippen molar-refractivity contribution in [3.8, 4) is 34.5 Å². The Bertz CT molecular complexity index is 1300. The number of esters is 1. The van der Waals surface area contributed by atoms with Gasteiger partial charge in [-0.2, -0.15) is 0 Å². The van der Waals surface area contributed by atoms with E-state index in [1.165, 1.54) is 21.3 Å². The first-order chi connectivity index (χ1) is 19.8. The van der Waals surface area contributed by atoms with Crippen LogP contribution in [0.5, 0.6) is 34.5 Å². The van der Waals surface area contributed by atoms with E-state index in [1.807, 2.05) is 0 Å². The van der Waals surface area contributed by atoms with Gasteiger partial charge in [0.1, 0.15) is 24.4 Å². The molecule has 1 aliphatic carbocycles. The van der Waals surface area contributed by atoms with E-state index in [2.05, 4.69) is 0 Å². The maximum Gasteiger partial charge on any atom is 0.310 e. The molecule has 13 heteroatoms. The third kappa shape index (κ3) is 4.39. The first-order valence-electron chi connectivity index (χ1n) is 13.2. The Morgan fingerprint density at radius 1 is 0.902 bits per heavy atom. The summed E-state index contributed by atoms with van der Waals surface area (Å²) in [7, 11) is 4.52. The minimum atomic E-state index is -1.64. The van der Waals surface area contributed by atoms with E-state index in [0.29, 0.717) is 46.1 Å². The number of ether oxygens (including phenoxy) is 8. The van der Waals surface area contributed by atoms with Gasteiger partial charge in [-0.1, -0.05) is 0 Å². The topological polar surface area (TPSA) is 172 Å². The van der Waals surface area contributed by atoms with E-state index in [4.69, 9.17) is 37.9 Å². The summed E-state index contributed by atoms with van der Waals surface area (Å²) in [6.45, 7) is -0.507. The highest BCUT2D eigenvalue weighted by atomic mass is 16.7. The maximum atomic E-state index is 13.1. The summed E-state index contributed by atoms with van der Waals surface area (Å²) in [6, 6.07) is 5.37. The molecule has 3 heterocycles. The largest absolute Gasteiger partial charge is 0.493 e. The molecule has 0 spiro atoms. The summed E-state index contributed by atoms with van der Waals surface area (Å²) in [5, 5.41) is 40.9. The van der Waals surface area contributed by atoms with Crippen LogP contribution in [0.25, 0.3) is 0 Å². The molecule has 0 unspecified atom stereocenters. The predicted molar refractivity (Wildman–Crippen MR) is 137 cm³/mol. The van der Waals surface area contributed by atoms with Crippen molar-refractivity contribution in [3.05, 3.63) is 34.9 Å². The molecule has 6 rings (SSSR count). The van der Waals surface area contributed by atoms with Gasteiger partial charge in [-0.05, 0) is 35.7 Å². The first kappa shape index (κ1) is 27.7. The van der Waals surface area contributed by atoms with Crippen molar-refractivity contribution in [2.45, 2.75) is 43.0 Å². The highest BCUT2D eigenvalue weighted by Crippen LogP contribution is 2.56. The van der Waals surface area contributed by atoms with Crippen molar-refractivity contribution in [2.24, 2.45) is 11.8 Å². The van der Waals surface area contributed by atoms with Crippen LogP contribution < -0.4 is 28.4 Å². The second kappa shape index (κ2) is 10.7. The fraction of sp³-hybridized carbons (Fsp3) is 0.536. The molecule has 4 aliphatic rings. The number of aliphatic hydroxyl groups excluding tert-OH is 4. The fourth-order valence-corrected chi connectivity index (χ4v) is 6.26. The zero-order valence-corrected chi connectivity index (χ0v) is 22.6. The highest BCUT2D eigenvalue weighted by Gasteiger charge is 2.51. The van der Waals surface area contributed by atoms with Gasteiger partial charge in [-0.15, -0.1) is 0 Å². The van der Waals surface area contributed by atoms with Gasteiger partial charge in [-0.3, -0.25) is 4.79 Å². The number of aliphatic hydroxyl groups is 4. The minimum Gasteiger partial charge on any atom is -0.493 e. The number of carbonyl (C=O) groups is 1. The summed E-state index contributed by atoms with van der Waals surface area (Å²) >= 11 is 0. The second-order valence-electron chi connectivity index (χ2n) is 10.4. The van der Waals surface area contributed by atoms with Crippen LogP contribution in [0.2, 0.25) is 0 Å². The zero-order valence-electron chi connectivity index (χ0n) is 22.6. The third-order valence-electron chi connectivity index (χ3n) is 8.27. The lowest BCUT2D eigenvalue weighted by molar-refractivity contribution is -0.277. The van der Waals surface area contributed by atoms with Crippen molar-refractivity contribution >= 4 is 5.97 Å². The summed E-state index contributed by atoms with van der Waals surface area (Å²) in [5.41, 5.74) is 2.07. The smallest absolute Gasteiger partial charge is 0.310 e. The van der Waals surface area contributed by atoms with E-state index in [1.54, 1.807) is 18.2 Å². The Kier molecular flexibility index (Phi) is 7.24. The standard InChI is InChI=1S/C28H32O13/c1-34-15-5-11(6-16(35-2)25(15)36-3)19-13-7-17-26(39-10-38-17)24(14(13)4-12-9-37-27(33)20(12)19)41-28-23(32)22(31)21(30)18(8-29)40-28/h5-7,12,18-23,28-32H,4,8-10H2,1-3H3/t12-,18-,19-,20-,21+,22+,23+,28+/m0/s1. The Balaban J connectivity index is 1.51. The quantitative estimate of drug-likeness (QED) is 0.327. The van der Waals surface area contributed by atoms with Gasteiger partial charge >= 0.3 is 5.97 Å². The minimum absolute atomic E-state index is 0.0903. The number of hydrogen-bond acceptors (Lipinski definition) is 13. The molecule has 2 fully saturated rings. The van der Waals surface area contributed by atoms with Crippen molar-refractivity contribution in [1.29, 1.82) is 0 Å². The van der Waals surface area contributed by atoms with Crippen LogP contribution in [0.1, 0.15) is 22.6 Å². The maximum absolute atomic E-state index is 13.1. The number of fused-ring (bicyclic) bond motifs is 3. The number of benzene rings is 2. The third-order valence-corrected chi connectivity index (χ3v) is 8.27. The Morgan fingerprint density at radius 2 is 1.63 bits per heavy atom. The first-order valence-corrected chi connectivity index (χ1v) is 13.2. The summed E-state index contributed by atoms with van der Waals surface area (Å²) < 4.78 is 45.5. The average molecular weight is 577 g/mol. The highest BCUT2D eigenvalue weighted by molar-refractivity contribution is 5.79. The van der Waals surface area contributed by atoms with Gasteiger partial charge in [0.2, 0.25) is 24.6 Å². The van der Waals surface area contributed by atoms with Crippen molar-refractivity contribution in [3.63, 3.8) is 0 Å². The monoisotopic (exact) mass is 576 g/mol. The number of methoxy groups -OCH3 is 3. The summed E-state index contributed by atoms with van der Waals surface area (Å²) in [6.07, 6.45) is -7.06. The van der Waals surface area contributed by atoms with E-state index in [-0.39, 0.29) is 36.8 Å². The number of carbonyl (C=O) groups excluding carboxylic acids is 1. The molecule has 3 aliphatic heterocycles. The van der Waals surface area contributed by atoms with Crippen LogP contribution in [-0.4, -0.2) is 98.4 Å². The van der Waals surface area contributed by atoms with E-state index < -0.39 is 49.1 Å². The lowest BCUT2D eigenvalue weighted by Gasteiger charge is -2.40. The number of rotatable bonds is 7. The lowest BCUT2D eigenvalue weighted by Crippen LogP contribution is -2.60. The van der Waals surface area contributed by atoms with Gasteiger partial charge < -0.3 is 58.3 Å². The summed E-state index contributed by atoms with van der Waals surface area (Å²) in [5.74, 6) is 0.409. The molecule has 0 bridgehead atoms. The molecule has 222 valence electrons. The molecule has 2 aromatic rings. The Morgan fingerprint density at radius 3 is 2.29 bits per heavy atom. The van der Waals surface area contributed by atoms with Crippen LogP contribution >= 0.6 is 0 Å². The zero-order chi connectivity index (χ0) is 29.0. The average Bonchev–Trinajstić information content (AvgIpc) is 3.61. The molecule has 2 saturated heterocycles. The molecule has 0 aromatic heterocycles. The Hall–Kier alpha value is -3.49. The molecular weight excluding hydrogens is 544 g/mol. The normalized spacial score (nSPS) is 31.6. The molecule has 13 nitrogen and oxygen atoms in total. The molecule has 4 N–H and O–H groups in total. The molecule has 0 radical (unpaired) electrons. The van der Waals surface area contributed by atoms with Crippen LogP contribution in [-0.2, 0) is 20.7 Å². The Labute approximate surface area is 235 Å². The molecule has 41 heavy (non-hydrogen) atoms. The van der Waals surface area contributed by atoms with Crippen LogP contribution in [0.4, 0.5) is 0 Å². The fourth-order valence-electron chi connectivity index (χ4n) is 6.26. The second-order valence-corrected chi connectivity index (χ2v) is 10.4. The van der Waals surface area contributed by atoms with Gasteiger partial charge in [0, 0.05) is 17.4 Å². The molecule has 2 aromatic carbocycles. The summed E-state index contributed by atoms with van der Waals surface area (Å²) in [4.78, 5) is 13.1. The van der Waals surface area contributed by atoms with Crippen LogP contribution in [0.3, 0.4) is 0 Å². The number of cyclic esters (lactones) is 1. The van der Waals surface area contributed by atoms with Crippen molar-refractivity contribution < 1.29 is 63.1 Å². The molecule has 8 atom stereocenters. The SMILES string of the molecule is COc1cc([C@H]2c3cc4c(c(O[C@H]5O[C@@H](CO)[C@@H](O)[C@@H](O)[C@H]5O)c3C[C@H]3COC(=O)[C@@H]32)OCO4)cc(OC)c1OC. The molecule has 0 saturated carbocycles. The van der Waals surface area contributed by atoms with E-state index in [9.17, 15) is 25.2 Å². The van der Waals surface area contributed by atoms with Gasteiger partial charge in [0.05, 0.1) is 40.5 Å². The predicted octanol–water partition coefficient (Wildman–Crippen LogP) is 0.0970. The van der Waals surface area contributed by atoms with E-state index in [0.717, 1.165) is 0 Å².